The predicted molar refractivity (Wildman–Crippen MR) is 143 cm³/mol. The van der Waals surface area contributed by atoms with Crippen LogP contribution in [0.4, 0.5) is 0 Å². The molecule has 1 aliphatic rings. The third-order valence-corrected chi connectivity index (χ3v) is 8.25. The van der Waals surface area contributed by atoms with E-state index in [9.17, 15) is 5.11 Å². The lowest BCUT2D eigenvalue weighted by molar-refractivity contribution is -0.0221. The maximum Gasteiger partial charge on any atom is 0.177 e. The highest BCUT2D eigenvalue weighted by Crippen LogP contribution is 2.46. The highest BCUT2D eigenvalue weighted by Gasteiger charge is 2.34. The molecule has 1 rings (SSSR count). The van der Waals surface area contributed by atoms with E-state index in [2.05, 4.69) is 6.92 Å². The van der Waals surface area contributed by atoms with Gasteiger partial charge in [-0.05, 0) is 31.1 Å². The van der Waals surface area contributed by atoms with Gasteiger partial charge in [-0.1, -0.05) is 110 Å². The van der Waals surface area contributed by atoms with Crippen molar-refractivity contribution in [1.82, 2.24) is 0 Å². The number of hydrogen-bond donors (Lipinski definition) is 1. The van der Waals surface area contributed by atoms with E-state index in [0.717, 1.165) is 50.3 Å². The molecule has 190 valence electrons. The summed E-state index contributed by atoms with van der Waals surface area (Å²) in [6.07, 6.45) is 28.5. The Kier molecular flexibility index (Phi) is 18.6. The Morgan fingerprint density at radius 1 is 0.781 bits per heavy atom. The van der Waals surface area contributed by atoms with Crippen molar-refractivity contribution < 1.29 is 13.5 Å². The molecule has 0 amide bonds. The van der Waals surface area contributed by atoms with Crippen LogP contribution >= 0.6 is 10.6 Å². The van der Waals surface area contributed by atoms with Gasteiger partial charge in [-0.2, -0.15) is 10.6 Å². The Labute approximate surface area is 204 Å². The van der Waals surface area contributed by atoms with E-state index in [-0.39, 0.29) is 0 Å². The van der Waals surface area contributed by atoms with Crippen LogP contribution in [0, 0.1) is 11.8 Å². The second-order valence-corrected chi connectivity index (χ2v) is 13.1. The van der Waals surface area contributed by atoms with Crippen molar-refractivity contribution in [3.05, 3.63) is 0 Å². The number of aliphatic hydroxyl groups excluding tert-OH is 1. The lowest BCUT2D eigenvalue weighted by Crippen LogP contribution is -2.17. The van der Waals surface area contributed by atoms with Crippen LogP contribution < -0.4 is 0 Å². The summed E-state index contributed by atoms with van der Waals surface area (Å²) < 4.78 is 11.7. The number of hydrogen-bond acceptors (Lipinski definition) is 3. The Balaban J connectivity index is 1.87. The monoisotopic (exact) mass is 470 g/mol. The smallest absolute Gasteiger partial charge is 0.177 e. The van der Waals surface area contributed by atoms with E-state index in [1.807, 2.05) is 12.5 Å². The van der Waals surface area contributed by atoms with Gasteiger partial charge in [0.05, 0.1) is 14.5 Å². The minimum Gasteiger partial charge on any atom is -0.366 e. The second kappa shape index (κ2) is 19.6. The van der Waals surface area contributed by atoms with E-state index < -0.39 is 16.9 Å². The molecule has 32 heavy (non-hydrogen) atoms. The zero-order valence-electron chi connectivity index (χ0n) is 21.8. The summed E-state index contributed by atoms with van der Waals surface area (Å²) in [5.74, 6) is 2.11. The standard InChI is InChI=1S/C27H55BO3S/c1-4-5-6-7-9-14-19-25-24-26(25)20-15-10-8-11-16-21-27(29)31-32(2,3)30-23-18-13-12-17-22-28/h25-27,29H,4-24H2,1-3H3. The summed E-state index contributed by atoms with van der Waals surface area (Å²) in [7, 11) is 3.89. The summed E-state index contributed by atoms with van der Waals surface area (Å²) in [6, 6.07) is 0. The maximum atomic E-state index is 10.2. The van der Waals surface area contributed by atoms with Gasteiger partial charge >= 0.3 is 0 Å². The van der Waals surface area contributed by atoms with Crippen molar-refractivity contribution >= 4 is 18.4 Å². The van der Waals surface area contributed by atoms with E-state index in [1.54, 1.807) is 0 Å². The van der Waals surface area contributed by atoms with Gasteiger partial charge in [0.2, 0.25) is 0 Å². The average Bonchev–Trinajstić information content (AvgIpc) is 3.50. The van der Waals surface area contributed by atoms with Gasteiger partial charge in [0.25, 0.3) is 0 Å². The molecular weight excluding hydrogens is 415 g/mol. The van der Waals surface area contributed by atoms with Gasteiger partial charge in [0.15, 0.2) is 6.29 Å². The zero-order chi connectivity index (χ0) is 23.5. The second-order valence-electron chi connectivity index (χ2n) is 10.4. The quantitative estimate of drug-likeness (QED) is 0.0873. The molecule has 1 aliphatic carbocycles. The van der Waals surface area contributed by atoms with Crippen molar-refractivity contribution in [2.75, 3.05) is 19.1 Å². The van der Waals surface area contributed by atoms with Crippen molar-refractivity contribution in [2.45, 2.75) is 142 Å². The summed E-state index contributed by atoms with van der Waals surface area (Å²) in [5.41, 5.74) is 0. The van der Waals surface area contributed by atoms with Gasteiger partial charge in [-0.25, -0.2) is 0 Å². The van der Waals surface area contributed by atoms with E-state index >= 15 is 0 Å². The van der Waals surface area contributed by atoms with Crippen molar-refractivity contribution in [3.8, 4) is 0 Å². The van der Waals surface area contributed by atoms with E-state index in [1.165, 1.54) is 89.9 Å². The Bertz CT molecular complexity index is 422. The van der Waals surface area contributed by atoms with Gasteiger partial charge in [0, 0.05) is 18.9 Å². The van der Waals surface area contributed by atoms with Crippen LogP contribution in [-0.2, 0) is 8.37 Å². The third kappa shape index (κ3) is 17.7. The normalized spacial score (nSPS) is 19.9. The molecule has 0 aliphatic heterocycles. The first kappa shape index (κ1) is 30.3. The molecule has 2 radical (unpaired) electrons. The zero-order valence-corrected chi connectivity index (χ0v) is 22.6. The van der Waals surface area contributed by atoms with Crippen LogP contribution in [-0.4, -0.2) is 38.4 Å². The number of aliphatic hydroxyl groups is 1. The molecule has 0 saturated heterocycles. The molecule has 0 heterocycles. The Morgan fingerprint density at radius 2 is 1.31 bits per heavy atom. The van der Waals surface area contributed by atoms with Crippen molar-refractivity contribution in [1.29, 1.82) is 0 Å². The first-order chi connectivity index (χ1) is 15.5. The maximum absolute atomic E-state index is 10.2. The van der Waals surface area contributed by atoms with Crippen LogP contribution in [0.3, 0.4) is 0 Å². The third-order valence-electron chi connectivity index (χ3n) is 6.83. The molecule has 3 nitrogen and oxygen atoms in total. The summed E-state index contributed by atoms with van der Waals surface area (Å²) >= 11 is 0. The van der Waals surface area contributed by atoms with Crippen LogP contribution in [0.2, 0.25) is 6.32 Å². The molecule has 0 aromatic heterocycles. The van der Waals surface area contributed by atoms with Gasteiger partial charge in [-0.15, -0.1) is 0 Å². The number of rotatable bonds is 24. The Hall–Kier alpha value is 0.295. The molecule has 1 saturated carbocycles. The lowest BCUT2D eigenvalue weighted by Gasteiger charge is -2.37. The summed E-state index contributed by atoms with van der Waals surface area (Å²) in [4.78, 5) is 0. The van der Waals surface area contributed by atoms with E-state index in [0.29, 0.717) is 6.61 Å². The predicted octanol–water partition coefficient (Wildman–Crippen LogP) is 8.50. The largest absolute Gasteiger partial charge is 0.366 e. The van der Waals surface area contributed by atoms with E-state index in [4.69, 9.17) is 16.2 Å². The molecular formula is C27H55BO3S. The molecule has 1 fully saturated rings. The topological polar surface area (TPSA) is 38.7 Å². The minimum atomic E-state index is -1.62. The van der Waals surface area contributed by atoms with Crippen LogP contribution in [0.15, 0.2) is 0 Å². The molecule has 0 spiro atoms. The molecule has 0 aromatic carbocycles. The molecule has 5 heteroatoms. The molecule has 0 bridgehead atoms. The average molecular weight is 471 g/mol. The molecule has 3 unspecified atom stereocenters. The summed E-state index contributed by atoms with van der Waals surface area (Å²) in [5, 5.41) is 10.2. The SMILES string of the molecule is [B]CCCCCCOS(C)(C)OC(O)CCCCCCCC1CC1CCCCCCCC. The highest BCUT2D eigenvalue weighted by atomic mass is 32.3. The fourth-order valence-electron chi connectivity index (χ4n) is 4.66. The first-order valence-corrected chi connectivity index (χ1v) is 16.2. The highest BCUT2D eigenvalue weighted by molar-refractivity contribution is 8.24. The fourth-order valence-corrected chi connectivity index (χ4v) is 5.87. The van der Waals surface area contributed by atoms with Crippen molar-refractivity contribution in [3.63, 3.8) is 0 Å². The number of unbranched alkanes of at least 4 members (excludes halogenated alkanes) is 12. The molecule has 1 N–H and O–H groups in total. The summed E-state index contributed by atoms with van der Waals surface area (Å²) in [6.45, 7) is 3.00. The van der Waals surface area contributed by atoms with Crippen LogP contribution in [0.25, 0.3) is 0 Å². The lowest BCUT2D eigenvalue weighted by atomic mass is 9.99. The Morgan fingerprint density at radius 3 is 1.94 bits per heavy atom. The van der Waals surface area contributed by atoms with Gasteiger partial charge in [0.1, 0.15) is 0 Å². The molecule has 0 aromatic rings. The van der Waals surface area contributed by atoms with Gasteiger partial charge < -0.3 is 5.11 Å². The van der Waals surface area contributed by atoms with Crippen LogP contribution in [0.1, 0.15) is 129 Å². The van der Waals surface area contributed by atoms with Crippen molar-refractivity contribution in [2.24, 2.45) is 11.8 Å². The van der Waals surface area contributed by atoms with Gasteiger partial charge in [-0.3, -0.25) is 8.37 Å². The minimum absolute atomic E-state index is 0.688. The van der Waals surface area contributed by atoms with Crippen LogP contribution in [0.5, 0.6) is 0 Å². The fraction of sp³-hybridized carbons (Fsp3) is 1.00. The molecule has 3 atom stereocenters. The first-order valence-electron chi connectivity index (χ1n) is 13.9.